The summed E-state index contributed by atoms with van der Waals surface area (Å²) in [6, 6.07) is 27.5. The van der Waals surface area contributed by atoms with Crippen molar-refractivity contribution in [1.82, 2.24) is 0 Å². The van der Waals surface area contributed by atoms with E-state index in [0.717, 1.165) is 6.42 Å². The maximum atomic E-state index is 2.26. The lowest BCUT2D eigenvalue weighted by Crippen LogP contribution is -1.84. The molecule has 0 aliphatic heterocycles. The molecule has 0 bridgehead atoms. The fraction of sp³-hybridized carbons (Fsp3) is 0.200. The van der Waals surface area contributed by atoms with Crippen LogP contribution in [0.2, 0.25) is 0 Å². The molecule has 0 amide bonds. The van der Waals surface area contributed by atoms with Gasteiger partial charge in [0.1, 0.15) is 0 Å². The smallest absolute Gasteiger partial charge is 0.0222 e. The zero-order valence-corrected chi connectivity index (χ0v) is 15.8. The van der Waals surface area contributed by atoms with Gasteiger partial charge in [-0.2, -0.15) is 0 Å². The van der Waals surface area contributed by atoms with Crippen LogP contribution < -0.4 is 0 Å². The zero-order chi connectivity index (χ0) is 18.1. The quantitative estimate of drug-likeness (QED) is 0.449. The van der Waals surface area contributed by atoms with E-state index in [1.165, 1.54) is 33.4 Å². The Hall–Kier alpha value is -2.60. The van der Waals surface area contributed by atoms with E-state index in [1.807, 2.05) is 6.07 Å². The molecule has 0 aliphatic carbocycles. The third kappa shape index (κ3) is 6.08. The van der Waals surface area contributed by atoms with Crippen LogP contribution in [-0.4, -0.2) is 0 Å². The standard InChI is InChI=1S/C17H18.C8H10/c1-13-9-10-14(2)17(11-13)12-15(3)16-7-5-4-6-8-16;1-2-8-6-4-3-5-7-8/h4-12H,1-3H3;3-7H,2H2,1H3/b15-12+;. The van der Waals surface area contributed by atoms with Crippen molar-refractivity contribution in [2.24, 2.45) is 0 Å². The Kier molecular flexibility index (Phi) is 7.22. The summed E-state index contributed by atoms with van der Waals surface area (Å²) >= 11 is 0. The van der Waals surface area contributed by atoms with Crippen molar-refractivity contribution in [1.29, 1.82) is 0 Å². The Labute approximate surface area is 152 Å². The Morgan fingerprint density at radius 1 is 0.800 bits per heavy atom. The molecule has 0 N–H and O–H groups in total. The molecule has 0 heteroatoms. The molecular weight excluding hydrogens is 300 g/mol. The molecular formula is C25H28. The Morgan fingerprint density at radius 3 is 1.96 bits per heavy atom. The van der Waals surface area contributed by atoms with Crippen molar-refractivity contribution in [3.05, 3.63) is 107 Å². The van der Waals surface area contributed by atoms with Gasteiger partial charge < -0.3 is 0 Å². The van der Waals surface area contributed by atoms with Crippen LogP contribution in [0.1, 0.15) is 41.7 Å². The van der Waals surface area contributed by atoms with E-state index >= 15 is 0 Å². The maximum absolute atomic E-state index is 2.26. The molecule has 0 heterocycles. The first-order chi connectivity index (χ1) is 12.1. The van der Waals surface area contributed by atoms with Crippen LogP contribution in [-0.2, 0) is 6.42 Å². The average Bonchev–Trinajstić information content (AvgIpc) is 2.66. The van der Waals surface area contributed by atoms with Gasteiger partial charge in [-0.15, -0.1) is 0 Å². The SMILES string of the molecule is C/C(=C\c1cc(C)ccc1C)c1ccccc1.CCc1ccccc1. The van der Waals surface area contributed by atoms with E-state index in [2.05, 4.69) is 107 Å². The van der Waals surface area contributed by atoms with Gasteiger partial charge in [0.25, 0.3) is 0 Å². The number of benzene rings is 3. The second-order valence-electron chi connectivity index (χ2n) is 6.39. The molecule has 128 valence electrons. The van der Waals surface area contributed by atoms with Gasteiger partial charge in [0, 0.05) is 0 Å². The second-order valence-corrected chi connectivity index (χ2v) is 6.39. The summed E-state index contributed by atoms with van der Waals surface area (Å²) in [5.74, 6) is 0. The maximum Gasteiger partial charge on any atom is -0.0222 e. The molecule has 0 aliphatic rings. The monoisotopic (exact) mass is 328 g/mol. The van der Waals surface area contributed by atoms with E-state index in [9.17, 15) is 0 Å². The summed E-state index contributed by atoms with van der Waals surface area (Å²) in [6.07, 6.45) is 3.40. The van der Waals surface area contributed by atoms with Crippen LogP contribution in [0, 0.1) is 13.8 Å². The Balaban J connectivity index is 0.000000236. The minimum Gasteiger partial charge on any atom is -0.0622 e. The highest BCUT2D eigenvalue weighted by Crippen LogP contribution is 2.20. The van der Waals surface area contributed by atoms with E-state index in [-0.39, 0.29) is 0 Å². The molecule has 0 atom stereocenters. The minimum absolute atomic E-state index is 1.14. The normalized spacial score (nSPS) is 10.8. The zero-order valence-electron chi connectivity index (χ0n) is 15.8. The second kappa shape index (κ2) is 9.64. The fourth-order valence-corrected chi connectivity index (χ4v) is 2.65. The van der Waals surface area contributed by atoms with Gasteiger partial charge in [-0.3, -0.25) is 0 Å². The summed E-state index contributed by atoms with van der Waals surface area (Å²) in [6.45, 7) is 8.62. The van der Waals surface area contributed by atoms with E-state index < -0.39 is 0 Å². The van der Waals surface area contributed by atoms with Crippen molar-refractivity contribution >= 4 is 11.6 Å². The highest BCUT2D eigenvalue weighted by Gasteiger charge is 1.98. The molecule has 0 radical (unpaired) electrons. The predicted molar refractivity (Wildman–Crippen MR) is 112 cm³/mol. The fourth-order valence-electron chi connectivity index (χ4n) is 2.65. The molecule has 0 saturated heterocycles. The van der Waals surface area contributed by atoms with Crippen LogP contribution >= 0.6 is 0 Å². The highest BCUT2D eigenvalue weighted by atomic mass is 14.0. The molecule has 3 aromatic carbocycles. The summed E-state index contributed by atoms with van der Waals surface area (Å²) in [4.78, 5) is 0. The lowest BCUT2D eigenvalue weighted by Gasteiger charge is -2.05. The van der Waals surface area contributed by atoms with Gasteiger partial charge in [-0.05, 0) is 55.0 Å². The number of aryl methyl sites for hydroxylation is 3. The molecule has 0 saturated carbocycles. The van der Waals surface area contributed by atoms with Crippen molar-refractivity contribution in [3.8, 4) is 0 Å². The third-order valence-corrected chi connectivity index (χ3v) is 4.29. The van der Waals surface area contributed by atoms with Gasteiger partial charge in [-0.1, -0.05) is 97.4 Å². The molecule has 3 aromatic rings. The van der Waals surface area contributed by atoms with Gasteiger partial charge in [-0.25, -0.2) is 0 Å². The third-order valence-electron chi connectivity index (χ3n) is 4.29. The minimum atomic E-state index is 1.14. The molecule has 0 spiro atoms. The van der Waals surface area contributed by atoms with Crippen LogP contribution in [0.15, 0.2) is 78.9 Å². The van der Waals surface area contributed by atoms with Gasteiger partial charge >= 0.3 is 0 Å². The lowest BCUT2D eigenvalue weighted by molar-refractivity contribution is 1.14. The van der Waals surface area contributed by atoms with Crippen molar-refractivity contribution in [3.63, 3.8) is 0 Å². The van der Waals surface area contributed by atoms with Crippen molar-refractivity contribution in [2.75, 3.05) is 0 Å². The van der Waals surface area contributed by atoms with Crippen LogP contribution in [0.25, 0.3) is 11.6 Å². The largest absolute Gasteiger partial charge is 0.0622 e. The first kappa shape index (κ1) is 18.7. The van der Waals surface area contributed by atoms with Crippen LogP contribution in [0.4, 0.5) is 0 Å². The Morgan fingerprint density at radius 2 is 1.40 bits per heavy atom. The number of allylic oxidation sites excluding steroid dienone is 1. The van der Waals surface area contributed by atoms with E-state index in [4.69, 9.17) is 0 Å². The lowest BCUT2D eigenvalue weighted by atomic mass is 10.0. The summed E-state index contributed by atoms with van der Waals surface area (Å²) in [7, 11) is 0. The predicted octanol–water partition coefficient (Wildman–Crippen LogP) is 7.11. The first-order valence-corrected chi connectivity index (χ1v) is 8.95. The number of rotatable bonds is 3. The van der Waals surface area contributed by atoms with Gasteiger partial charge in [0.05, 0.1) is 0 Å². The van der Waals surface area contributed by atoms with Crippen molar-refractivity contribution in [2.45, 2.75) is 34.1 Å². The van der Waals surface area contributed by atoms with Crippen LogP contribution in [0.5, 0.6) is 0 Å². The van der Waals surface area contributed by atoms with E-state index in [0.29, 0.717) is 0 Å². The molecule has 3 rings (SSSR count). The molecule has 0 aromatic heterocycles. The molecule has 0 nitrogen and oxygen atoms in total. The van der Waals surface area contributed by atoms with E-state index in [1.54, 1.807) is 0 Å². The molecule has 0 unspecified atom stereocenters. The Bertz CT molecular complexity index is 796. The van der Waals surface area contributed by atoms with Gasteiger partial charge in [0.15, 0.2) is 0 Å². The van der Waals surface area contributed by atoms with Crippen molar-refractivity contribution < 1.29 is 0 Å². The average molecular weight is 328 g/mol. The first-order valence-electron chi connectivity index (χ1n) is 8.95. The van der Waals surface area contributed by atoms with Crippen LogP contribution in [0.3, 0.4) is 0 Å². The summed E-state index contributed by atoms with van der Waals surface area (Å²) in [5, 5.41) is 0. The number of hydrogen-bond donors (Lipinski definition) is 0. The topological polar surface area (TPSA) is 0 Å². The van der Waals surface area contributed by atoms with Gasteiger partial charge in [0.2, 0.25) is 0 Å². The summed E-state index contributed by atoms with van der Waals surface area (Å²) in [5.41, 5.74) is 7.94. The summed E-state index contributed by atoms with van der Waals surface area (Å²) < 4.78 is 0. The molecule has 25 heavy (non-hydrogen) atoms. The highest BCUT2D eigenvalue weighted by molar-refractivity contribution is 5.81. The molecule has 0 fully saturated rings. The number of hydrogen-bond acceptors (Lipinski definition) is 0.